The van der Waals surface area contributed by atoms with Crippen molar-refractivity contribution in [2.24, 2.45) is 0 Å². The minimum Gasteiger partial charge on any atom is -0.387 e. The summed E-state index contributed by atoms with van der Waals surface area (Å²) in [6.45, 7) is 4.34. The smallest absolute Gasteiger partial charge is 0.0409 e. The molecular formula is C9H10ClN. The van der Waals surface area contributed by atoms with Crippen molar-refractivity contribution in [2.75, 3.05) is 0 Å². The van der Waals surface area contributed by atoms with Crippen LogP contribution in [0.25, 0.3) is 0 Å². The van der Waals surface area contributed by atoms with Gasteiger partial charge in [0.05, 0.1) is 0 Å². The summed E-state index contributed by atoms with van der Waals surface area (Å²) in [5, 5.41) is 3.77. The minimum atomic E-state index is 0.772. The molecule has 0 amide bonds. The Labute approximate surface area is 71.7 Å². The molecule has 0 saturated heterocycles. The van der Waals surface area contributed by atoms with Crippen LogP contribution >= 0.6 is 11.6 Å². The topological polar surface area (TPSA) is 12.0 Å². The highest BCUT2D eigenvalue weighted by Gasteiger charge is 1.90. The standard InChI is InChI=1S/C9H10ClN/c1-2-11-7-8-4-3-5-9(10)6-8/h2-6,11H,1,7H2. The molecule has 2 heteroatoms. The fourth-order valence-electron chi connectivity index (χ4n) is 0.837. The number of halogens is 1. The quantitative estimate of drug-likeness (QED) is 0.730. The third-order valence-electron chi connectivity index (χ3n) is 1.34. The first-order valence-electron chi connectivity index (χ1n) is 3.41. The Balaban J connectivity index is 2.63. The van der Waals surface area contributed by atoms with E-state index in [1.807, 2.05) is 24.3 Å². The summed E-state index contributed by atoms with van der Waals surface area (Å²) in [5.41, 5.74) is 1.16. The maximum atomic E-state index is 5.77. The highest BCUT2D eigenvalue weighted by Crippen LogP contribution is 2.09. The van der Waals surface area contributed by atoms with E-state index in [2.05, 4.69) is 11.9 Å². The van der Waals surface area contributed by atoms with E-state index in [0.29, 0.717) is 0 Å². The van der Waals surface area contributed by atoms with Gasteiger partial charge in [-0.15, -0.1) is 0 Å². The van der Waals surface area contributed by atoms with E-state index in [-0.39, 0.29) is 0 Å². The van der Waals surface area contributed by atoms with E-state index in [0.717, 1.165) is 17.1 Å². The van der Waals surface area contributed by atoms with E-state index in [9.17, 15) is 0 Å². The van der Waals surface area contributed by atoms with Gasteiger partial charge in [0.15, 0.2) is 0 Å². The van der Waals surface area contributed by atoms with Crippen LogP contribution in [-0.2, 0) is 6.54 Å². The lowest BCUT2D eigenvalue weighted by Crippen LogP contribution is -2.02. The highest BCUT2D eigenvalue weighted by molar-refractivity contribution is 6.30. The molecule has 0 aliphatic carbocycles. The summed E-state index contributed by atoms with van der Waals surface area (Å²) in [6, 6.07) is 7.74. The SMILES string of the molecule is C=CNCc1cccc(Cl)c1. The average Bonchev–Trinajstić information content (AvgIpc) is 2.01. The Morgan fingerprint density at radius 3 is 3.00 bits per heavy atom. The molecule has 0 saturated carbocycles. The minimum absolute atomic E-state index is 0.772. The van der Waals surface area contributed by atoms with Crippen LogP contribution in [0.3, 0.4) is 0 Å². The number of rotatable bonds is 3. The first-order valence-corrected chi connectivity index (χ1v) is 3.79. The second-order valence-electron chi connectivity index (χ2n) is 2.21. The van der Waals surface area contributed by atoms with Gasteiger partial charge in [-0.3, -0.25) is 0 Å². The summed E-state index contributed by atoms with van der Waals surface area (Å²) >= 11 is 5.77. The molecule has 0 aliphatic heterocycles. The highest BCUT2D eigenvalue weighted by atomic mass is 35.5. The van der Waals surface area contributed by atoms with Crippen LogP contribution in [0.1, 0.15) is 5.56 Å². The monoisotopic (exact) mass is 167 g/mol. The van der Waals surface area contributed by atoms with Gasteiger partial charge in [0, 0.05) is 11.6 Å². The molecule has 1 N–H and O–H groups in total. The van der Waals surface area contributed by atoms with Gasteiger partial charge >= 0.3 is 0 Å². The summed E-state index contributed by atoms with van der Waals surface area (Å²) in [6.07, 6.45) is 1.67. The Kier molecular flexibility index (Phi) is 2.99. The van der Waals surface area contributed by atoms with Gasteiger partial charge in [-0.2, -0.15) is 0 Å². The van der Waals surface area contributed by atoms with Gasteiger partial charge in [-0.1, -0.05) is 30.3 Å². The molecule has 0 atom stereocenters. The van der Waals surface area contributed by atoms with Crippen LogP contribution in [0.2, 0.25) is 5.02 Å². The Hall–Kier alpha value is -0.950. The van der Waals surface area contributed by atoms with Crippen molar-refractivity contribution in [3.63, 3.8) is 0 Å². The van der Waals surface area contributed by atoms with Crippen LogP contribution in [0.15, 0.2) is 37.0 Å². The van der Waals surface area contributed by atoms with E-state index in [1.54, 1.807) is 6.20 Å². The normalized spacial score (nSPS) is 9.18. The zero-order valence-electron chi connectivity index (χ0n) is 6.18. The van der Waals surface area contributed by atoms with Gasteiger partial charge in [-0.25, -0.2) is 0 Å². The fourth-order valence-corrected chi connectivity index (χ4v) is 1.05. The molecule has 1 rings (SSSR count). The lowest BCUT2D eigenvalue weighted by molar-refractivity contribution is 0.873. The third kappa shape index (κ3) is 2.64. The Morgan fingerprint density at radius 2 is 2.36 bits per heavy atom. The van der Waals surface area contributed by atoms with E-state index < -0.39 is 0 Å². The van der Waals surface area contributed by atoms with Crippen LogP contribution in [0.4, 0.5) is 0 Å². The van der Waals surface area contributed by atoms with Gasteiger partial charge in [0.1, 0.15) is 0 Å². The van der Waals surface area contributed by atoms with Gasteiger partial charge in [-0.05, 0) is 23.9 Å². The first-order chi connectivity index (χ1) is 5.33. The molecule has 0 bridgehead atoms. The molecular weight excluding hydrogens is 158 g/mol. The molecule has 0 spiro atoms. The summed E-state index contributed by atoms with van der Waals surface area (Å²) in [7, 11) is 0. The number of hydrogen-bond donors (Lipinski definition) is 1. The van der Waals surface area contributed by atoms with E-state index in [1.165, 1.54) is 0 Å². The second-order valence-corrected chi connectivity index (χ2v) is 2.65. The molecule has 0 fully saturated rings. The predicted molar refractivity (Wildman–Crippen MR) is 48.5 cm³/mol. The molecule has 0 heterocycles. The van der Waals surface area contributed by atoms with Crippen molar-refractivity contribution in [1.29, 1.82) is 0 Å². The van der Waals surface area contributed by atoms with Crippen molar-refractivity contribution in [2.45, 2.75) is 6.54 Å². The summed E-state index contributed by atoms with van der Waals surface area (Å²) in [4.78, 5) is 0. The molecule has 0 radical (unpaired) electrons. The van der Waals surface area contributed by atoms with Crippen molar-refractivity contribution in [3.8, 4) is 0 Å². The molecule has 11 heavy (non-hydrogen) atoms. The second kappa shape index (κ2) is 4.04. The molecule has 1 aromatic rings. The van der Waals surface area contributed by atoms with Gasteiger partial charge in [0.25, 0.3) is 0 Å². The first kappa shape index (κ1) is 8.15. The van der Waals surface area contributed by atoms with Crippen LogP contribution in [0.5, 0.6) is 0 Å². The Bertz CT molecular complexity index is 245. The van der Waals surface area contributed by atoms with Gasteiger partial charge < -0.3 is 5.32 Å². The van der Waals surface area contributed by atoms with Crippen molar-refractivity contribution in [1.82, 2.24) is 5.32 Å². The zero-order chi connectivity index (χ0) is 8.10. The van der Waals surface area contributed by atoms with Crippen LogP contribution in [-0.4, -0.2) is 0 Å². The molecule has 0 aliphatic rings. The summed E-state index contributed by atoms with van der Waals surface area (Å²) < 4.78 is 0. The fraction of sp³-hybridized carbons (Fsp3) is 0.111. The average molecular weight is 168 g/mol. The zero-order valence-corrected chi connectivity index (χ0v) is 6.93. The van der Waals surface area contributed by atoms with Crippen LogP contribution in [0, 0.1) is 0 Å². The molecule has 58 valence electrons. The van der Waals surface area contributed by atoms with Gasteiger partial charge in [0.2, 0.25) is 0 Å². The lowest BCUT2D eigenvalue weighted by Gasteiger charge is -2.00. The maximum absolute atomic E-state index is 5.77. The number of nitrogens with one attached hydrogen (secondary N) is 1. The van der Waals surface area contributed by atoms with Crippen LogP contribution < -0.4 is 5.32 Å². The summed E-state index contributed by atoms with van der Waals surface area (Å²) in [5.74, 6) is 0. The van der Waals surface area contributed by atoms with Crippen molar-refractivity contribution < 1.29 is 0 Å². The van der Waals surface area contributed by atoms with E-state index in [4.69, 9.17) is 11.6 Å². The largest absolute Gasteiger partial charge is 0.387 e. The lowest BCUT2D eigenvalue weighted by atomic mass is 10.2. The molecule has 0 aromatic heterocycles. The number of benzene rings is 1. The van der Waals surface area contributed by atoms with Crippen molar-refractivity contribution in [3.05, 3.63) is 47.6 Å². The molecule has 1 nitrogen and oxygen atoms in total. The predicted octanol–water partition coefficient (Wildman–Crippen LogP) is 2.57. The molecule has 1 aromatic carbocycles. The van der Waals surface area contributed by atoms with E-state index >= 15 is 0 Å². The van der Waals surface area contributed by atoms with Crippen molar-refractivity contribution >= 4 is 11.6 Å². The molecule has 0 unspecified atom stereocenters. The third-order valence-corrected chi connectivity index (χ3v) is 1.57. The maximum Gasteiger partial charge on any atom is 0.0409 e. The Morgan fingerprint density at radius 1 is 1.55 bits per heavy atom. The number of hydrogen-bond acceptors (Lipinski definition) is 1.